The molecule has 6 atom stereocenters. The first kappa shape index (κ1) is 29.6. The van der Waals surface area contributed by atoms with E-state index in [1.807, 2.05) is 25.7 Å². The molecule has 0 aromatic carbocycles. The third-order valence-corrected chi connectivity index (χ3v) is 8.89. The van der Waals surface area contributed by atoms with E-state index in [9.17, 15) is 19.5 Å². The number of carbonyl (C=O) groups is 3. The smallest absolute Gasteiger partial charge is 0.310 e. The van der Waals surface area contributed by atoms with Crippen LogP contribution in [-0.4, -0.2) is 80.3 Å². The fourth-order valence-electron chi connectivity index (χ4n) is 7.69. The number of aliphatic carboxylic acids is 1. The summed E-state index contributed by atoms with van der Waals surface area (Å²) in [6.07, 6.45) is 5.94. The van der Waals surface area contributed by atoms with Gasteiger partial charge in [0.1, 0.15) is 17.6 Å². The van der Waals surface area contributed by atoms with Gasteiger partial charge in [-0.25, -0.2) is 0 Å². The summed E-state index contributed by atoms with van der Waals surface area (Å²) in [7, 11) is 0. The van der Waals surface area contributed by atoms with Crippen LogP contribution in [0.1, 0.15) is 87.0 Å². The van der Waals surface area contributed by atoms with Crippen molar-refractivity contribution in [2.75, 3.05) is 19.7 Å². The van der Waals surface area contributed by atoms with Crippen LogP contribution in [0.5, 0.6) is 0 Å². The Labute approximate surface area is 222 Å². The molecule has 37 heavy (non-hydrogen) atoms. The zero-order valence-electron chi connectivity index (χ0n) is 23.9. The topological polar surface area (TPSA) is 107 Å². The van der Waals surface area contributed by atoms with Gasteiger partial charge in [-0.1, -0.05) is 46.6 Å². The first-order chi connectivity index (χ1) is 17.1. The summed E-state index contributed by atoms with van der Waals surface area (Å²) in [6.45, 7) is 19.0. The number of carboxylic acids is 1. The number of aliphatic hydroxyl groups excluding tert-OH is 1. The highest BCUT2D eigenvalue weighted by molar-refractivity contribution is 5.98. The minimum absolute atomic E-state index is 0.0411. The molecule has 2 amide bonds. The highest BCUT2D eigenvalue weighted by atomic mass is 16.5. The lowest BCUT2D eigenvalue weighted by atomic mass is 9.62. The summed E-state index contributed by atoms with van der Waals surface area (Å²) < 4.78 is 6.63. The fourth-order valence-corrected chi connectivity index (χ4v) is 7.69. The van der Waals surface area contributed by atoms with Gasteiger partial charge in [0.25, 0.3) is 0 Å². The molecule has 210 valence electrons. The van der Waals surface area contributed by atoms with E-state index in [4.69, 9.17) is 9.84 Å². The number of nitrogens with zero attached hydrogens (tertiary/aromatic N) is 2. The number of amides is 2. The van der Waals surface area contributed by atoms with Crippen molar-refractivity contribution < 1.29 is 29.3 Å². The van der Waals surface area contributed by atoms with Gasteiger partial charge in [0.15, 0.2) is 0 Å². The molecule has 3 heterocycles. The second-order valence-electron chi connectivity index (χ2n) is 13.5. The lowest BCUT2D eigenvalue weighted by Crippen LogP contribution is -2.61. The molecule has 8 nitrogen and oxygen atoms in total. The van der Waals surface area contributed by atoms with Crippen LogP contribution in [0, 0.1) is 23.2 Å². The van der Waals surface area contributed by atoms with Crippen molar-refractivity contribution in [3.8, 4) is 0 Å². The molecule has 3 rings (SSSR count). The molecule has 3 unspecified atom stereocenters. The number of ether oxygens (including phenoxy) is 1. The molecule has 0 aromatic heterocycles. The summed E-state index contributed by atoms with van der Waals surface area (Å²) in [4.78, 5) is 44.5. The number of carbonyl (C=O) groups excluding carboxylic acids is 2. The Hall–Kier alpha value is -1.93. The van der Waals surface area contributed by atoms with Crippen LogP contribution in [0.25, 0.3) is 0 Å². The first-order valence-electron chi connectivity index (χ1n) is 13.8. The van der Waals surface area contributed by atoms with E-state index >= 15 is 0 Å². The Bertz CT molecular complexity index is 911. The highest BCUT2D eigenvalue weighted by Gasteiger charge is 2.80. The maximum absolute atomic E-state index is 14.6. The van der Waals surface area contributed by atoms with Crippen LogP contribution in [0.15, 0.2) is 12.7 Å². The Kier molecular flexibility index (Phi) is 8.27. The lowest BCUT2D eigenvalue weighted by molar-refractivity contribution is -0.159. The fraction of sp³-hybridized carbons (Fsp3) is 0.828. The van der Waals surface area contributed by atoms with E-state index in [-0.39, 0.29) is 29.8 Å². The van der Waals surface area contributed by atoms with Crippen molar-refractivity contribution in [1.29, 1.82) is 0 Å². The van der Waals surface area contributed by atoms with E-state index in [0.29, 0.717) is 32.4 Å². The number of fused-ring (bicyclic) bond motifs is 1. The Morgan fingerprint density at radius 3 is 2.35 bits per heavy atom. The van der Waals surface area contributed by atoms with Crippen molar-refractivity contribution in [2.24, 2.45) is 23.2 Å². The van der Waals surface area contributed by atoms with E-state index in [2.05, 4.69) is 27.4 Å². The maximum Gasteiger partial charge on any atom is 0.310 e. The van der Waals surface area contributed by atoms with Crippen LogP contribution in [0.2, 0.25) is 0 Å². The van der Waals surface area contributed by atoms with Gasteiger partial charge >= 0.3 is 5.97 Å². The van der Waals surface area contributed by atoms with Crippen LogP contribution < -0.4 is 0 Å². The lowest BCUT2D eigenvalue weighted by Gasteiger charge is -2.45. The van der Waals surface area contributed by atoms with Crippen LogP contribution in [0.3, 0.4) is 0 Å². The molecule has 2 bridgehead atoms. The third kappa shape index (κ3) is 5.08. The molecular weight excluding hydrogens is 472 g/mol. The van der Waals surface area contributed by atoms with Crippen LogP contribution >= 0.6 is 0 Å². The van der Waals surface area contributed by atoms with E-state index < -0.39 is 40.6 Å². The zero-order valence-corrected chi connectivity index (χ0v) is 23.9. The quantitative estimate of drug-likeness (QED) is 0.299. The van der Waals surface area contributed by atoms with Crippen molar-refractivity contribution in [2.45, 2.75) is 110 Å². The molecular formula is C29H48N2O6. The monoisotopic (exact) mass is 520 g/mol. The second kappa shape index (κ2) is 10.3. The molecule has 0 aromatic rings. The number of unbranched alkanes of at least 4 members (excludes halogenated alkanes) is 3. The minimum atomic E-state index is -1.16. The number of aliphatic hydroxyl groups is 1. The number of hydrogen-bond acceptors (Lipinski definition) is 5. The van der Waals surface area contributed by atoms with E-state index in [0.717, 1.165) is 19.3 Å². The predicted molar refractivity (Wildman–Crippen MR) is 142 cm³/mol. The van der Waals surface area contributed by atoms with E-state index in [1.165, 1.54) is 0 Å². The zero-order chi connectivity index (χ0) is 28.0. The molecule has 0 aliphatic carbocycles. The molecule has 3 saturated heterocycles. The van der Waals surface area contributed by atoms with E-state index in [1.54, 1.807) is 17.9 Å². The van der Waals surface area contributed by atoms with Gasteiger partial charge in [0, 0.05) is 25.2 Å². The average molecular weight is 521 g/mol. The molecule has 0 radical (unpaired) electrons. The maximum atomic E-state index is 14.6. The molecule has 8 heteroatoms. The summed E-state index contributed by atoms with van der Waals surface area (Å²) in [5.41, 5.74) is -2.72. The van der Waals surface area contributed by atoms with Crippen molar-refractivity contribution in [3.63, 3.8) is 0 Å². The summed E-state index contributed by atoms with van der Waals surface area (Å²) in [5, 5.41) is 19.3. The summed E-state index contributed by atoms with van der Waals surface area (Å²) in [5.74, 6) is -3.49. The second-order valence-corrected chi connectivity index (χ2v) is 13.5. The van der Waals surface area contributed by atoms with Gasteiger partial charge in [0.2, 0.25) is 11.8 Å². The van der Waals surface area contributed by atoms with Crippen molar-refractivity contribution in [3.05, 3.63) is 12.7 Å². The number of carboxylic acid groups (broad SMARTS) is 1. The number of likely N-dealkylation sites (tertiary alicyclic amines) is 1. The normalized spacial score (nSPS) is 33.1. The largest absolute Gasteiger partial charge is 0.481 e. The van der Waals surface area contributed by atoms with Gasteiger partial charge in [-0.05, 0) is 57.8 Å². The van der Waals surface area contributed by atoms with Gasteiger partial charge < -0.3 is 24.7 Å². The molecule has 1 spiro atoms. The molecule has 3 aliphatic rings. The standard InChI is InChI=1S/C29H48N2O6/c1-9-14-31(27(6,7)18-26(3,4)5)24(34)22-29-17-19(2)28(8,37-29)21(25(35)36)20(29)23(33)30(22)15-12-10-11-13-16-32/h9,19-22,32H,1,10-18H2,2-8H3,(H,35,36)/t19?,20-,21-,22?,28+,29?/m0/s1. The molecule has 0 saturated carbocycles. The summed E-state index contributed by atoms with van der Waals surface area (Å²) >= 11 is 0. The Balaban J connectivity index is 2.06. The number of rotatable bonds is 12. The van der Waals surface area contributed by atoms with Crippen LogP contribution in [0.4, 0.5) is 0 Å². The SMILES string of the molecule is C=CCN(C(=O)C1N(CCCCCCO)C(=O)[C@@H]2[C@@H](C(=O)O)[C@]3(C)OC12CC3C)C(C)(C)CC(C)(C)C. The Morgan fingerprint density at radius 1 is 1.19 bits per heavy atom. The van der Waals surface area contributed by atoms with Gasteiger partial charge in [-0.15, -0.1) is 6.58 Å². The Morgan fingerprint density at radius 2 is 1.81 bits per heavy atom. The van der Waals surface area contributed by atoms with Crippen LogP contribution in [-0.2, 0) is 19.1 Å². The molecule has 2 N–H and O–H groups in total. The minimum Gasteiger partial charge on any atom is -0.481 e. The van der Waals surface area contributed by atoms with Gasteiger partial charge in [-0.2, -0.15) is 0 Å². The predicted octanol–water partition coefficient (Wildman–Crippen LogP) is 3.86. The first-order valence-corrected chi connectivity index (χ1v) is 13.8. The van der Waals surface area contributed by atoms with Gasteiger partial charge in [0.05, 0.1) is 11.5 Å². The van der Waals surface area contributed by atoms with Gasteiger partial charge in [-0.3, -0.25) is 14.4 Å². The molecule has 3 aliphatic heterocycles. The van der Waals surface area contributed by atoms with Crippen molar-refractivity contribution >= 4 is 17.8 Å². The molecule has 3 fully saturated rings. The summed E-state index contributed by atoms with van der Waals surface area (Å²) in [6, 6.07) is -0.879. The number of hydrogen-bond donors (Lipinski definition) is 2. The average Bonchev–Trinajstić information content (AvgIpc) is 3.26. The van der Waals surface area contributed by atoms with Crippen molar-refractivity contribution in [1.82, 2.24) is 9.80 Å². The highest BCUT2D eigenvalue weighted by Crippen LogP contribution is 2.65. The third-order valence-electron chi connectivity index (χ3n) is 8.89.